The number of carbonyl (C=O) groups excluding carboxylic acids is 1. The number of carbonyl (C=O) groups is 1. The van der Waals surface area contributed by atoms with Gasteiger partial charge < -0.3 is 14.9 Å². The third-order valence-electron chi connectivity index (χ3n) is 3.83. The van der Waals surface area contributed by atoms with Crippen LogP contribution in [0, 0.1) is 19.7 Å². The number of nitrogens with one attached hydrogen (secondary N) is 2. The largest absolute Gasteiger partial charge is 0.358 e. The number of hydrogen-bond donors (Lipinski definition) is 2. The van der Waals surface area contributed by atoms with Crippen molar-refractivity contribution in [1.82, 2.24) is 19.9 Å². The lowest BCUT2D eigenvalue weighted by atomic mass is 10.1. The Morgan fingerprint density at radius 1 is 1.41 bits per heavy atom. The van der Waals surface area contributed by atoms with Crippen molar-refractivity contribution >= 4 is 16.8 Å². The monoisotopic (exact) mass is 300 g/mol. The summed E-state index contributed by atoms with van der Waals surface area (Å²) in [4.78, 5) is 19.1. The molecule has 0 radical (unpaired) electrons. The van der Waals surface area contributed by atoms with Crippen LogP contribution in [0.1, 0.15) is 16.8 Å². The molecule has 0 saturated carbocycles. The van der Waals surface area contributed by atoms with E-state index < -0.39 is 0 Å². The SMILES string of the molecule is Cc1[nH]c2c(CNC(=O)Cn3ccnc3)cc(F)cc2c1C. The Kier molecular flexibility index (Phi) is 3.66. The molecule has 0 aliphatic rings. The maximum Gasteiger partial charge on any atom is 0.240 e. The lowest BCUT2D eigenvalue weighted by Crippen LogP contribution is -2.26. The molecule has 6 heteroatoms. The molecule has 0 unspecified atom stereocenters. The first kappa shape index (κ1) is 14.3. The quantitative estimate of drug-likeness (QED) is 0.777. The smallest absolute Gasteiger partial charge is 0.240 e. The Morgan fingerprint density at radius 3 is 2.95 bits per heavy atom. The Bertz CT molecular complexity index is 820. The molecular formula is C16H17FN4O. The molecule has 0 aliphatic carbocycles. The number of benzene rings is 1. The number of halogens is 1. The first-order chi connectivity index (χ1) is 10.5. The van der Waals surface area contributed by atoms with Crippen molar-refractivity contribution in [3.8, 4) is 0 Å². The molecule has 0 fully saturated rings. The molecule has 22 heavy (non-hydrogen) atoms. The lowest BCUT2D eigenvalue weighted by Gasteiger charge is -2.08. The van der Waals surface area contributed by atoms with Crippen molar-refractivity contribution in [2.75, 3.05) is 0 Å². The number of nitrogens with zero attached hydrogens (tertiary/aromatic N) is 2. The second kappa shape index (κ2) is 5.63. The summed E-state index contributed by atoms with van der Waals surface area (Å²) in [7, 11) is 0. The number of hydrogen-bond acceptors (Lipinski definition) is 2. The number of H-pyrrole nitrogens is 1. The van der Waals surface area contributed by atoms with Gasteiger partial charge in [-0.2, -0.15) is 0 Å². The van der Waals surface area contributed by atoms with Crippen molar-refractivity contribution in [2.45, 2.75) is 26.9 Å². The zero-order valence-electron chi connectivity index (χ0n) is 12.5. The van der Waals surface area contributed by atoms with Gasteiger partial charge in [0.15, 0.2) is 0 Å². The maximum atomic E-state index is 13.8. The molecular weight excluding hydrogens is 283 g/mol. The molecule has 3 aromatic rings. The van der Waals surface area contributed by atoms with Gasteiger partial charge in [0.05, 0.1) is 11.8 Å². The first-order valence-corrected chi connectivity index (χ1v) is 7.04. The molecule has 2 N–H and O–H groups in total. The van der Waals surface area contributed by atoms with E-state index in [9.17, 15) is 9.18 Å². The van der Waals surface area contributed by atoms with Crippen molar-refractivity contribution < 1.29 is 9.18 Å². The van der Waals surface area contributed by atoms with Crippen LogP contribution in [0.15, 0.2) is 30.9 Å². The predicted molar refractivity (Wildman–Crippen MR) is 81.8 cm³/mol. The minimum absolute atomic E-state index is 0.143. The molecule has 0 spiro atoms. The molecule has 114 valence electrons. The van der Waals surface area contributed by atoms with E-state index in [2.05, 4.69) is 15.3 Å². The molecule has 1 aromatic carbocycles. The first-order valence-electron chi connectivity index (χ1n) is 7.04. The Labute approximate surface area is 127 Å². The van der Waals surface area contributed by atoms with Crippen LogP contribution in [-0.2, 0) is 17.9 Å². The molecule has 2 heterocycles. The predicted octanol–water partition coefficient (Wildman–Crippen LogP) is 2.44. The third-order valence-corrected chi connectivity index (χ3v) is 3.83. The fourth-order valence-electron chi connectivity index (χ4n) is 2.53. The number of aromatic nitrogens is 3. The summed E-state index contributed by atoms with van der Waals surface area (Å²) in [6.45, 7) is 4.38. The van der Waals surface area contributed by atoms with Gasteiger partial charge in [0.25, 0.3) is 0 Å². The lowest BCUT2D eigenvalue weighted by molar-refractivity contribution is -0.121. The molecule has 0 aliphatic heterocycles. The van der Waals surface area contributed by atoms with Gasteiger partial charge in [-0.3, -0.25) is 4.79 Å². The molecule has 3 rings (SSSR count). The van der Waals surface area contributed by atoms with E-state index >= 15 is 0 Å². The Hall–Kier alpha value is -2.63. The average molecular weight is 300 g/mol. The molecule has 0 saturated heterocycles. The average Bonchev–Trinajstić information content (AvgIpc) is 3.07. The zero-order valence-corrected chi connectivity index (χ0v) is 12.5. The van der Waals surface area contributed by atoms with E-state index in [0.29, 0.717) is 0 Å². The maximum absolute atomic E-state index is 13.8. The number of aromatic amines is 1. The second-order valence-electron chi connectivity index (χ2n) is 5.37. The summed E-state index contributed by atoms with van der Waals surface area (Å²) < 4.78 is 15.5. The van der Waals surface area contributed by atoms with Gasteiger partial charge in [0.2, 0.25) is 5.91 Å². The van der Waals surface area contributed by atoms with E-state index in [4.69, 9.17) is 0 Å². The number of aryl methyl sites for hydroxylation is 2. The highest BCUT2D eigenvalue weighted by molar-refractivity contribution is 5.87. The van der Waals surface area contributed by atoms with E-state index in [1.165, 1.54) is 12.1 Å². The fraction of sp³-hybridized carbons (Fsp3) is 0.250. The van der Waals surface area contributed by atoms with Crippen LogP contribution in [0.25, 0.3) is 10.9 Å². The van der Waals surface area contributed by atoms with Crippen LogP contribution >= 0.6 is 0 Å². The van der Waals surface area contributed by atoms with Crippen molar-refractivity contribution in [1.29, 1.82) is 0 Å². The van der Waals surface area contributed by atoms with Crippen LogP contribution in [0.4, 0.5) is 4.39 Å². The number of rotatable bonds is 4. The molecule has 0 atom stereocenters. The van der Waals surface area contributed by atoms with Crippen molar-refractivity contribution in [3.05, 3.63) is 53.5 Å². The van der Waals surface area contributed by atoms with Gasteiger partial charge in [-0.1, -0.05) is 0 Å². The van der Waals surface area contributed by atoms with Gasteiger partial charge >= 0.3 is 0 Å². The topological polar surface area (TPSA) is 62.7 Å². The van der Waals surface area contributed by atoms with Gasteiger partial charge in [0.1, 0.15) is 12.4 Å². The zero-order chi connectivity index (χ0) is 15.7. The summed E-state index contributed by atoms with van der Waals surface area (Å²) in [5.74, 6) is -0.441. The molecule has 2 aromatic heterocycles. The number of imidazole rings is 1. The molecule has 0 bridgehead atoms. The summed E-state index contributed by atoms with van der Waals surface area (Å²) >= 11 is 0. The summed E-state index contributed by atoms with van der Waals surface area (Å²) in [5.41, 5.74) is 3.65. The second-order valence-corrected chi connectivity index (χ2v) is 5.37. The summed E-state index contributed by atoms with van der Waals surface area (Å²) in [6, 6.07) is 2.97. The Morgan fingerprint density at radius 2 is 2.23 bits per heavy atom. The fourth-order valence-corrected chi connectivity index (χ4v) is 2.53. The van der Waals surface area contributed by atoms with E-state index in [1.807, 2.05) is 13.8 Å². The highest BCUT2D eigenvalue weighted by Gasteiger charge is 2.11. The van der Waals surface area contributed by atoms with Crippen LogP contribution < -0.4 is 5.32 Å². The van der Waals surface area contributed by atoms with Crippen LogP contribution in [0.3, 0.4) is 0 Å². The Balaban J connectivity index is 1.79. The highest BCUT2D eigenvalue weighted by Crippen LogP contribution is 2.25. The van der Waals surface area contributed by atoms with Crippen LogP contribution in [0.5, 0.6) is 0 Å². The minimum atomic E-state index is -0.298. The third kappa shape index (κ3) is 2.72. The van der Waals surface area contributed by atoms with Crippen LogP contribution in [-0.4, -0.2) is 20.4 Å². The van der Waals surface area contributed by atoms with Crippen molar-refractivity contribution in [2.24, 2.45) is 0 Å². The van der Waals surface area contributed by atoms with Crippen LogP contribution in [0.2, 0.25) is 0 Å². The molecule has 1 amide bonds. The van der Waals surface area contributed by atoms with Gasteiger partial charge in [-0.15, -0.1) is 0 Å². The summed E-state index contributed by atoms with van der Waals surface area (Å²) in [5, 5.41) is 3.67. The van der Waals surface area contributed by atoms with E-state index in [1.54, 1.807) is 23.3 Å². The normalized spacial score (nSPS) is 11.0. The highest BCUT2D eigenvalue weighted by atomic mass is 19.1. The number of fused-ring (bicyclic) bond motifs is 1. The number of amides is 1. The molecule has 5 nitrogen and oxygen atoms in total. The van der Waals surface area contributed by atoms with E-state index in [0.717, 1.165) is 27.7 Å². The van der Waals surface area contributed by atoms with E-state index in [-0.39, 0.29) is 24.8 Å². The van der Waals surface area contributed by atoms with Gasteiger partial charge in [0, 0.05) is 30.0 Å². The minimum Gasteiger partial charge on any atom is -0.358 e. The summed E-state index contributed by atoms with van der Waals surface area (Å²) in [6.07, 6.45) is 4.92. The van der Waals surface area contributed by atoms with Gasteiger partial charge in [-0.25, -0.2) is 9.37 Å². The van der Waals surface area contributed by atoms with Crippen molar-refractivity contribution in [3.63, 3.8) is 0 Å². The van der Waals surface area contributed by atoms with Gasteiger partial charge in [-0.05, 0) is 37.1 Å². The standard InChI is InChI=1S/C16H17FN4O/c1-10-11(2)20-16-12(5-13(17)6-14(10)16)7-19-15(22)8-21-4-3-18-9-21/h3-6,9,20H,7-8H2,1-2H3,(H,19,22).